The van der Waals surface area contributed by atoms with E-state index >= 15 is 0 Å². The summed E-state index contributed by atoms with van der Waals surface area (Å²) in [5.74, 6) is 0.396. The fourth-order valence-corrected chi connectivity index (χ4v) is 4.09. The zero-order valence-electron chi connectivity index (χ0n) is 18.3. The van der Waals surface area contributed by atoms with Crippen molar-refractivity contribution in [3.63, 3.8) is 0 Å². The van der Waals surface area contributed by atoms with E-state index in [9.17, 15) is 13.2 Å². The lowest BCUT2D eigenvalue weighted by Gasteiger charge is -2.13. The molecule has 3 rings (SSSR count). The standard InChI is InChI=1S/C23H27N3O4S/c1-14(2)17-6-8-18(9-7-17)26-15(3)12-20(16(26)4)23(27)25-21-13-19(31(24,28)29)10-11-22(21)30-5/h6-14H,1-5H3,(H,25,27)(H2,24,28,29). The molecule has 1 heterocycles. The first-order chi connectivity index (χ1) is 14.5. The first-order valence-corrected chi connectivity index (χ1v) is 11.4. The summed E-state index contributed by atoms with van der Waals surface area (Å²) >= 11 is 0. The number of aryl methyl sites for hydroxylation is 1. The number of anilines is 1. The largest absolute Gasteiger partial charge is 0.495 e. The average Bonchev–Trinajstić information content (AvgIpc) is 3.01. The maximum absolute atomic E-state index is 13.0. The molecule has 0 saturated heterocycles. The number of carbonyl (C=O) groups excluding carboxylic acids is 1. The van der Waals surface area contributed by atoms with Crippen molar-refractivity contribution < 1.29 is 17.9 Å². The number of benzene rings is 2. The maximum Gasteiger partial charge on any atom is 0.257 e. The Balaban J connectivity index is 1.96. The predicted molar refractivity (Wildman–Crippen MR) is 122 cm³/mol. The minimum atomic E-state index is -3.92. The van der Waals surface area contributed by atoms with Crippen LogP contribution in [-0.4, -0.2) is 26.0 Å². The van der Waals surface area contributed by atoms with Crippen LogP contribution in [0.25, 0.3) is 5.69 Å². The number of nitrogens with zero attached hydrogens (tertiary/aromatic N) is 1. The summed E-state index contributed by atoms with van der Waals surface area (Å²) in [4.78, 5) is 12.9. The fourth-order valence-electron chi connectivity index (χ4n) is 3.55. The van der Waals surface area contributed by atoms with Crippen LogP contribution >= 0.6 is 0 Å². The molecule has 3 aromatic rings. The first kappa shape index (κ1) is 22.6. The van der Waals surface area contributed by atoms with Crippen LogP contribution in [0.3, 0.4) is 0 Å². The predicted octanol–water partition coefficient (Wildman–Crippen LogP) is 4.13. The highest BCUT2D eigenvalue weighted by molar-refractivity contribution is 7.89. The number of primary sulfonamides is 1. The van der Waals surface area contributed by atoms with Gasteiger partial charge in [0, 0.05) is 17.1 Å². The van der Waals surface area contributed by atoms with Crippen LogP contribution in [-0.2, 0) is 10.0 Å². The lowest BCUT2D eigenvalue weighted by atomic mass is 10.0. The number of sulfonamides is 1. The van der Waals surface area contributed by atoms with Gasteiger partial charge in [-0.3, -0.25) is 4.79 Å². The molecule has 164 valence electrons. The van der Waals surface area contributed by atoms with E-state index in [0.29, 0.717) is 17.2 Å². The summed E-state index contributed by atoms with van der Waals surface area (Å²) in [5.41, 5.74) is 4.59. The summed E-state index contributed by atoms with van der Waals surface area (Å²) in [6.45, 7) is 8.09. The van der Waals surface area contributed by atoms with E-state index in [0.717, 1.165) is 17.1 Å². The van der Waals surface area contributed by atoms with Crippen LogP contribution < -0.4 is 15.2 Å². The number of hydrogen-bond acceptors (Lipinski definition) is 4. The second-order valence-corrected chi connectivity index (χ2v) is 9.29. The highest BCUT2D eigenvalue weighted by Crippen LogP contribution is 2.29. The fraction of sp³-hybridized carbons (Fsp3) is 0.261. The van der Waals surface area contributed by atoms with Crippen LogP contribution in [0.2, 0.25) is 0 Å². The van der Waals surface area contributed by atoms with Gasteiger partial charge in [0.2, 0.25) is 10.0 Å². The molecule has 0 spiro atoms. The van der Waals surface area contributed by atoms with E-state index in [1.54, 1.807) is 6.07 Å². The second kappa shape index (κ2) is 8.56. The minimum absolute atomic E-state index is 0.112. The Morgan fingerprint density at radius 2 is 1.71 bits per heavy atom. The third-order valence-electron chi connectivity index (χ3n) is 5.24. The van der Waals surface area contributed by atoms with Gasteiger partial charge in [-0.15, -0.1) is 0 Å². The van der Waals surface area contributed by atoms with Crippen LogP contribution in [0.4, 0.5) is 5.69 Å². The van der Waals surface area contributed by atoms with Gasteiger partial charge in [0.05, 0.1) is 23.3 Å². The van der Waals surface area contributed by atoms with Gasteiger partial charge in [0.25, 0.3) is 5.91 Å². The van der Waals surface area contributed by atoms with Gasteiger partial charge in [-0.25, -0.2) is 13.6 Å². The molecule has 0 fully saturated rings. The van der Waals surface area contributed by atoms with Gasteiger partial charge < -0.3 is 14.6 Å². The average molecular weight is 442 g/mol. The molecule has 0 aliphatic rings. The van der Waals surface area contributed by atoms with Crippen molar-refractivity contribution in [2.24, 2.45) is 5.14 Å². The summed E-state index contributed by atoms with van der Waals surface area (Å²) in [6.07, 6.45) is 0. The molecule has 3 N–H and O–H groups in total. The maximum atomic E-state index is 13.0. The lowest BCUT2D eigenvalue weighted by Crippen LogP contribution is -2.16. The van der Waals surface area contributed by atoms with E-state index in [-0.39, 0.29) is 16.5 Å². The Labute approximate surface area is 182 Å². The van der Waals surface area contributed by atoms with Crippen molar-refractivity contribution >= 4 is 21.6 Å². The molecule has 0 aliphatic heterocycles. The van der Waals surface area contributed by atoms with Gasteiger partial charge in [-0.05, 0) is 61.7 Å². The number of nitrogens with two attached hydrogens (primary N) is 1. The molecule has 8 heteroatoms. The Hall–Kier alpha value is -3.10. The monoisotopic (exact) mass is 441 g/mol. The molecule has 0 bridgehead atoms. The minimum Gasteiger partial charge on any atom is -0.495 e. The van der Waals surface area contributed by atoms with E-state index in [4.69, 9.17) is 9.88 Å². The third-order valence-corrected chi connectivity index (χ3v) is 6.15. The number of carbonyl (C=O) groups is 1. The number of hydrogen-bond donors (Lipinski definition) is 2. The van der Waals surface area contributed by atoms with Gasteiger partial charge in [0.1, 0.15) is 5.75 Å². The number of nitrogens with one attached hydrogen (secondary N) is 1. The molecule has 0 atom stereocenters. The summed E-state index contributed by atoms with van der Waals surface area (Å²) in [7, 11) is -2.48. The molecule has 0 unspecified atom stereocenters. The molecule has 31 heavy (non-hydrogen) atoms. The normalized spacial score (nSPS) is 11.6. The number of rotatable bonds is 6. The molecular weight excluding hydrogens is 414 g/mol. The topological polar surface area (TPSA) is 103 Å². The van der Waals surface area contributed by atoms with Crippen molar-refractivity contribution in [3.05, 3.63) is 71.0 Å². The van der Waals surface area contributed by atoms with Crippen LogP contribution in [0.15, 0.2) is 53.4 Å². The van der Waals surface area contributed by atoms with Crippen molar-refractivity contribution in [2.75, 3.05) is 12.4 Å². The number of methoxy groups -OCH3 is 1. The Morgan fingerprint density at radius 1 is 1.06 bits per heavy atom. The van der Waals surface area contributed by atoms with Crippen LogP contribution in [0.1, 0.15) is 47.1 Å². The van der Waals surface area contributed by atoms with Crippen molar-refractivity contribution in [2.45, 2.75) is 38.5 Å². The highest BCUT2D eigenvalue weighted by atomic mass is 32.2. The van der Waals surface area contributed by atoms with E-state index < -0.39 is 10.0 Å². The number of amides is 1. The summed E-state index contributed by atoms with van der Waals surface area (Å²) < 4.78 is 30.6. The zero-order valence-corrected chi connectivity index (χ0v) is 19.1. The smallest absolute Gasteiger partial charge is 0.257 e. The molecule has 2 aromatic carbocycles. The molecule has 0 aliphatic carbocycles. The quantitative estimate of drug-likeness (QED) is 0.600. The summed E-state index contributed by atoms with van der Waals surface area (Å²) in [5, 5.41) is 7.97. The molecule has 1 amide bonds. The number of aromatic nitrogens is 1. The first-order valence-electron chi connectivity index (χ1n) is 9.84. The van der Waals surface area contributed by atoms with Crippen LogP contribution in [0, 0.1) is 13.8 Å². The molecule has 1 aromatic heterocycles. The Bertz CT molecular complexity index is 1230. The molecule has 0 radical (unpaired) electrons. The SMILES string of the molecule is COc1ccc(S(N)(=O)=O)cc1NC(=O)c1cc(C)n(-c2ccc(C(C)C)cc2)c1C. The number of ether oxygens (including phenoxy) is 1. The lowest BCUT2D eigenvalue weighted by molar-refractivity contribution is 0.102. The van der Waals surface area contributed by atoms with Crippen molar-refractivity contribution in [1.29, 1.82) is 0 Å². The highest BCUT2D eigenvalue weighted by Gasteiger charge is 2.19. The van der Waals surface area contributed by atoms with Crippen molar-refractivity contribution in [1.82, 2.24) is 4.57 Å². The Kier molecular flexibility index (Phi) is 6.24. The molecule has 7 nitrogen and oxygen atoms in total. The van der Waals surface area contributed by atoms with Gasteiger partial charge >= 0.3 is 0 Å². The third kappa shape index (κ3) is 4.65. The van der Waals surface area contributed by atoms with Crippen molar-refractivity contribution in [3.8, 4) is 11.4 Å². The summed E-state index contributed by atoms with van der Waals surface area (Å²) in [6, 6.07) is 14.1. The van der Waals surface area contributed by atoms with Gasteiger partial charge in [-0.1, -0.05) is 26.0 Å². The van der Waals surface area contributed by atoms with E-state index in [2.05, 4.69) is 31.3 Å². The Morgan fingerprint density at radius 3 is 2.26 bits per heavy atom. The van der Waals surface area contributed by atoms with Gasteiger partial charge in [0.15, 0.2) is 0 Å². The van der Waals surface area contributed by atoms with Gasteiger partial charge in [-0.2, -0.15) is 0 Å². The van der Waals surface area contributed by atoms with Crippen LogP contribution in [0.5, 0.6) is 5.75 Å². The second-order valence-electron chi connectivity index (χ2n) is 7.73. The molecule has 0 saturated carbocycles. The van der Waals surface area contributed by atoms with E-state index in [1.807, 2.05) is 30.5 Å². The van der Waals surface area contributed by atoms with E-state index in [1.165, 1.54) is 30.9 Å². The molecular formula is C23H27N3O4S. The zero-order chi connectivity index (χ0) is 22.9.